The molecule has 0 radical (unpaired) electrons. The Hall–Kier alpha value is -3.09. The number of hydrogen-bond donors (Lipinski definition) is 3. The maximum atomic E-state index is 13.9. The fourth-order valence-corrected chi connectivity index (χ4v) is 4.00. The lowest BCUT2D eigenvalue weighted by Crippen LogP contribution is -2.44. The Bertz CT molecular complexity index is 1000. The van der Waals surface area contributed by atoms with Crippen LogP contribution in [-0.4, -0.2) is 41.7 Å². The van der Waals surface area contributed by atoms with Crippen LogP contribution in [0.4, 0.5) is 15.0 Å². The first-order chi connectivity index (χ1) is 14.2. The molecule has 1 aliphatic rings. The quantitative estimate of drug-likeness (QED) is 0.599. The van der Waals surface area contributed by atoms with E-state index in [0.29, 0.717) is 25.5 Å². The second-order valence-corrected chi connectivity index (χ2v) is 7.40. The number of para-hydroxylation sites is 1. The molecule has 0 spiro atoms. The summed E-state index contributed by atoms with van der Waals surface area (Å²) in [6.07, 6.45) is 6.13. The van der Waals surface area contributed by atoms with Gasteiger partial charge in [-0.1, -0.05) is 25.1 Å². The Labute approximate surface area is 169 Å². The van der Waals surface area contributed by atoms with E-state index in [2.05, 4.69) is 45.7 Å². The standard InChI is InChI=1S/C22H26FN5O/c1-2-15-5-3-6-18-16(13-26-20(15)18)8-11-25-22(29)27-17-9-12-28(14-17)21-19(23)7-4-10-24-21/h3-7,10,13,17,26H,2,8-9,11-12,14H2,1H3,(H2,25,27,29). The maximum absolute atomic E-state index is 13.9. The molecular weight excluding hydrogens is 369 g/mol. The number of nitrogens with one attached hydrogen (secondary N) is 3. The minimum Gasteiger partial charge on any atom is -0.361 e. The van der Waals surface area contributed by atoms with E-state index in [1.165, 1.54) is 28.1 Å². The summed E-state index contributed by atoms with van der Waals surface area (Å²) in [4.78, 5) is 21.6. The molecule has 3 aromatic rings. The molecule has 1 atom stereocenters. The Morgan fingerprint density at radius 3 is 3.03 bits per heavy atom. The van der Waals surface area contributed by atoms with Crippen LogP contribution in [0.2, 0.25) is 0 Å². The lowest BCUT2D eigenvalue weighted by molar-refractivity contribution is 0.238. The number of amides is 2. The van der Waals surface area contributed by atoms with Gasteiger partial charge in [-0.25, -0.2) is 14.2 Å². The third-order valence-corrected chi connectivity index (χ3v) is 5.51. The number of pyridine rings is 1. The molecule has 152 valence electrons. The van der Waals surface area contributed by atoms with Gasteiger partial charge in [0, 0.05) is 49.0 Å². The first-order valence-corrected chi connectivity index (χ1v) is 10.1. The average molecular weight is 395 g/mol. The van der Waals surface area contributed by atoms with Crippen LogP contribution < -0.4 is 15.5 Å². The van der Waals surface area contributed by atoms with Gasteiger partial charge < -0.3 is 20.5 Å². The number of urea groups is 1. The van der Waals surface area contributed by atoms with Gasteiger partial charge in [0.25, 0.3) is 0 Å². The Kier molecular flexibility index (Phi) is 5.64. The predicted octanol–water partition coefficient (Wildman–Crippen LogP) is 3.39. The van der Waals surface area contributed by atoms with Crippen molar-refractivity contribution in [1.82, 2.24) is 20.6 Å². The first-order valence-electron chi connectivity index (χ1n) is 10.1. The molecule has 3 heterocycles. The highest BCUT2D eigenvalue weighted by molar-refractivity contribution is 5.86. The smallest absolute Gasteiger partial charge is 0.315 e. The van der Waals surface area contributed by atoms with Crippen molar-refractivity contribution in [2.75, 3.05) is 24.5 Å². The summed E-state index contributed by atoms with van der Waals surface area (Å²) in [5, 5.41) is 7.14. The molecule has 2 amide bonds. The first kappa shape index (κ1) is 19.2. The Morgan fingerprint density at radius 2 is 2.21 bits per heavy atom. The molecule has 1 fully saturated rings. The summed E-state index contributed by atoms with van der Waals surface area (Å²) in [5.74, 6) is 0.0190. The van der Waals surface area contributed by atoms with Gasteiger partial charge in [0.05, 0.1) is 0 Å². The molecule has 7 heteroatoms. The predicted molar refractivity (Wildman–Crippen MR) is 113 cm³/mol. The molecule has 6 nitrogen and oxygen atoms in total. The van der Waals surface area contributed by atoms with Crippen LogP contribution in [0, 0.1) is 5.82 Å². The summed E-state index contributed by atoms with van der Waals surface area (Å²) in [6, 6.07) is 9.11. The molecule has 0 aliphatic carbocycles. The molecule has 1 aromatic carbocycles. The van der Waals surface area contributed by atoms with E-state index >= 15 is 0 Å². The summed E-state index contributed by atoms with van der Waals surface area (Å²) in [6.45, 7) is 3.94. The monoisotopic (exact) mass is 395 g/mol. The number of anilines is 1. The van der Waals surface area contributed by atoms with Crippen molar-refractivity contribution >= 4 is 22.8 Å². The van der Waals surface area contributed by atoms with E-state index < -0.39 is 0 Å². The van der Waals surface area contributed by atoms with Crippen molar-refractivity contribution in [2.24, 2.45) is 0 Å². The molecule has 2 aromatic heterocycles. The van der Waals surface area contributed by atoms with E-state index in [1.807, 2.05) is 11.1 Å². The number of aryl methyl sites for hydroxylation is 1. The summed E-state index contributed by atoms with van der Waals surface area (Å²) >= 11 is 0. The Morgan fingerprint density at radius 1 is 1.31 bits per heavy atom. The fraction of sp³-hybridized carbons (Fsp3) is 0.364. The van der Waals surface area contributed by atoms with Crippen molar-refractivity contribution in [3.63, 3.8) is 0 Å². The van der Waals surface area contributed by atoms with Crippen LogP contribution >= 0.6 is 0 Å². The summed E-state index contributed by atoms with van der Waals surface area (Å²) in [7, 11) is 0. The van der Waals surface area contributed by atoms with Crippen molar-refractivity contribution in [3.05, 3.63) is 59.7 Å². The number of carbonyl (C=O) groups excluding carboxylic acids is 1. The van der Waals surface area contributed by atoms with E-state index in [1.54, 1.807) is 12.3 Å². The van der Waals surface area contributed by atoms with Gasteiger partial charge in [0.15, 0.2) is 11.6 Å². The Balaban J connectivity index is 1.26. The van der Waals surface area contributed by atoms with E-state index in [4.69, 9.17) is 0 Å². The fourth-order valence-electron chi connectivity index (χ4n) is 4.00. The summed E-state index contributed by atoms with van der Waals surface area (Å²) in [5.41, 5.74) is 3.69. The number of benzene rings is 1. The van der Waals surface area contributed by atoms with E-state index in [9.17, 15) is 9.18 Å². The second-order valence-electron chi connectivity index (χ2n) is 7.40. The van der Waals surface area contributed by atoms with Gasteiger partial charge in [0.2, 0.25) is 0 Å². The van der Waals surface area contributed by atoms with Crippen molar-refractivity contribution < 1.29 is 9.18 Å². The molecule has 0 bridgehead atoms. The zero-order valence-corrected chi connectivity index (χ0v) is 16.5. The molecular formula is C22H26FN5O. The normalized spacial score (nSPS) is 16.3. The van der Waals surface area contributed by atoms with E-state index in [-0.39, 0.29) is 17.9 Å². The van der Waals surface area contributed by atoms with Crippen LogP contribution in [0.1, 0.15) is 24.5 Å². The molecule has 1 aliphatic heterocycles. The van der Waals surface area contributed by atoms with Gasteiger partial charge in [-0.15, -0.1) is 0 Å². The third-order valence-electron chi connectivity index (χ3n) is 5.51. The highest BCUT2D eigenvalue weighted by Crippen LogP contribution is 2.23. The molecule has 4 rings (SSSR count). The third kappa shape index (κ3) is 4.18. The van der Waals surface area contributed by atoms with Gasteiger partial charge >= 0.3 is 6.03 Å². The second kappa shape index (κ2) is 8.51. The molecule has 0 saturated carbocycles. The lowest BCUT2D eigenvalue weighted by atomic mass is 10.1. The molecule has 29 heavy (non-hydrogen) atoms. The van der Waals surface area contributed by atoms with Crippen LogP contribution in [0.25, 0.3) is 10.9 Å². The number of aromatic amines is 1. The highest BCUT2D eigenvalue weighted by Gasteiger charge is 2.26. The van der Waals surface area contributed by atoms with E-state index in [0.717, 1.165) is 19.3 Å². The number of hydrogen-bond acceptors (Lipinski definition) is 3. The van der Waals surface area contributed by atoms with Crippen molar-refractivity contribution in [2.45, 2.75) is 32.2 Å². The average Bonchev–Trinajstić information content (AvgIpc) is 3.35. The van der Waals surface area contributed by atoms with Gasteiger partial charge in [-0.3, -0.25) is 0 Å². The minimum atomic E-state index is -0.331. The summed E-state index contributed by atoms with van der Waals surface area (Å²) < 4.78 is 13.9. The van der Waals surface area contributed by atoms with Crippen LogP contribution in [-0.2, 0) is 12.8 Å². The zero-order valence-electron chi connectivity index (χ0n) is 16.5. The van der Waals surface area contributed by atoms with Crippen LogP contribution in [0.5, 0.6) is 0 Å². The number of aromatic nitrogens is 2. The number of carbonyl (C=O) groups is 1. The van der Waals surface area contributed by atoms with Crippen molar-refractivity contribution in [3.8, 4) is 0 Å². The van der Waals surface area contributed by atoms with Crippen LogP contribution in [0.3, 0.4) is 0 Å². The molecule has 1 unspecified atom stereocenters. The van der Waals surface area contributed by atoms with Gasteiger partial charge in [-0.05, 0) is 42.5 Å². The largest absolute Gasteiger partial charge is 0.361 e. The highest BCUT2D eigenvalue weighted by atomic mass is 19.1. The number of fused-ring (bicyclic) bond motifs is 1. The number of rotatable bonds is 6. The zero-order chi connectivity index (χ0) is 20.2. The SMILES string of the molecule is CCc1cccc2c(CCNC(=O)NC3CCN(c4ncccc4F)C3)c[nH]c12. The topological polar surface area (TPSA) is 73.1 Å². The van der Waals surface area contributed by atoms with Gasteiger partial charge in [0.1, 0.15) is 0 Å². The number of halogens is 1. The number of nitrogens with zero attached hydrogens (tertiary/aromatic N) is 2. The lowest BCUT2D eigenvalue weighted by Gasteiger charge is -2.18. The number of H-pyrrole nitrogens is 1. The molecule has 3 N–H and O–H groups in total. The van der Waals surface area contributed by atoms with Gasteiger partial charge in [-0.2, -0.15) is 0 Å². The van der Waals surface area contributed by atoms with Crippen molar-refractivity contribution in [1.29, 1.82) is 0 Å². The minimum absolute atomic E-state index is 0.0170. The van der Waals surface area contributed by atoms with Crippen LogP contribution in [0.15, 0.2) is 42.7 Å². The maximum Gasteiger partial charge on any atom is 0.315 e. The molecule has 1 saturated heterocycles.